The van der Waals surface area contributed by atoms with Crippen LogP contribution in [0.15, 0.2) is 21.4 Å². The highest BCUT2D eigenvalue weighted by Crippen LogP contribution is 2.16. The first-order chi connectivity index (χ1) is 7.16. The Kier molecular flexibility index (Phi) is 3.11. The van der Waals surface area contributed by atoms with Gasteiger partial charge in [0.1, 0.15) is 6.26 Å². The van der Waals surface area contributed by atoms with Gasteiger partial charge in [-0.25, -0.2) is 0 Å². The topological polar surface area (TPSA) is 45.5 Å². The van der Waals surface area contributed by atoms with Crippen LogP contribution in [0.25, 0.3) is 0 Å². The average Bonchev–Trinajstić information content (AvgIpc) is 2.64. The smallest absolute Gasteiger partial charge is 0.257 e. The molecule has 82 valence electrons. The van der Waals surface area contributed by atoms with Gasteiger partial charge >= 0.3 is 0 Å². The van der Waals surface area contributed by atoms with Gasteiger partial charge in [0.2, 0.25) is 0 Å². The number of nitrogens with zero attached hydrogens (tertiary/aromatic N) is 1. The first-order valence-electron chi connectivity index (χ1n) is 4.93. The summed E-state index contributed by atoms with van der Waals surface area (Å²) in [6.45, 7) is 4.43. The van der Waals surface area contributed by atoms with Crippen LogP contribution in [-0.4, -0.2) is 36.5 Å². The normalized spacial score (nSPS) is 21.7. The van der Waals surface area contributed by atoms with E-state index in [1.807, 2.05) is 4.90 Å². The first-order valence-corrected chi connectivity index (χ1v) is 5.73. The molecule has 1 aliphatic rings. The molecular weight excluding hydrogens is 260 g/mol. The molecule has 1 fully saturated rings. The molecule has 0 bridgehead atoms. The minimum atomic E-state index is 0.0396. The van der Waals surface area contributed by atoms with Crippen molar-refractivity contribution in [3.05, 3.63) is 22.6 Å². The Morgan fingerprint density at radius 3 is 3.13 bits per heavy atom. The molecule has 15 heavy (non-hydrogen) atoms. The van der Waals surface area contributed by atoms with E-state index in [0.717, 1.165) is 19.6 Å². The van der Waals surface area contributed by atoms with E-state index in [1.54, 1.807) is 6.07 Å². The summed E-state index contributed by atoms with van der Waals surface area (Å²) < 4.78 is 5.65. The van der Waals surface area contributed by atoms with Crippen molar-refractivity contribution >= 4 is 21.8 Å². The zero-order chi connectivity index (χ0) is 10.8. The molecule has 2 heterocycles. The fourth-order valence-corrected chi connectivity index (χ4v) is 2.06. The van der Waals surface area contributed by atoms with Crippen molar-refractivity contribution in [2.45, 2.75) is 13.0 Å². The minimum absolute atomic E-state index is 0.0396. The Morgan fingerprint density at radius 2 is 2.53 bits per heavy atom. The van der Waals surface area contributed by atoms with E-state index in [0.29, 0.717) is 16.3 Å². The van der Waals surface area contributed by atoms with Crippen LogP contribution in [0.1, 0.15) is 17.3 Å². The third-order valence-corrected chi connectivity index (χ3v) is 2.89. The Labute approximate surface area is 96.7 Å². The molecule has 1 N–H and O–H groups in total. The van der Waals surface area contributed by atoms with Gasteiger partial charge < -0.3 is 14.6 Å². The van der Waals surface area contributed by atoms with Crippen molar-refractivity contribution in [2.24, 2.45) is 0 Å². The molecule has 0 spiro atoms. The van der Waals surface area contributed by atoms with Crippen LogP contribution in [0.2, 0.25) is 0 Å². The lowest BCUT2D eigenvalue weighted by atomic mass is 10.2. The van der Waals surface area contributed by atoms with Crippen molar-refractivity contribution in [1.82, 2.24) is 10.2 Å². The summed E-state index contributed by atoms with van der Waals surface area (Å²) in [4.78, 5) is 13.8. The molecule has 1 aliphatic heterocycles. The number of piperazine rings is 1. The van der Waals surface area contributed by atoms with E-state index in [2.05, 4.69) is 28.2 Å². The van der Waals surface area contributed by atoms with Crippen LogP contribution in [0, 0.1) is 0 Å². The first kappa shape index (κ1) is 10.7. The summed E-state index contributed by atoms with van der Waals surface area (Å²) in [6.07, 6.45) is 1.49. The zero-order valence-corrected chi connectivity index (χ0v) is 10.1. The SMILES string of the molecule is C[C@H]1CN(C(=O)c2coc(Br)c2)CCN1. The predicted octanol–water partition coefficient (Wildman–Crippen LogP) is 1.48. The van der Waals surface area contributed by atoms with Crippen LogP contribution in [0.5, 0.6) is 0 Å². The summed E-state index contributed by atoms with van der Waals surface area (Å²) in [6, 6.07) is 2.06. The second-order valence-corrected chi connectivity index (χ2v) is 4.53. The van der Waals surface area contributed by atoms with Gasteiger partial charge in [-0.1, -0.05) is 0 Å². The summed E-state index contributed by atoms with van der Waals surface area (Å²) in [7, 11) is 0. The van der Waals surface area contributed by atoms with Crippen LogP contribution < -0.4 is 5.32 Å². The number of hydrogen-bond acceptors (Lipinski definition) is 3. The minimum Gasteiger partial charge on any atom is -0.457 e. The maximum Gasteiger partial charge on any atom is 0.257 e. The second-order valence-electron chi connectivity index (χ2n) is 3.75. The Hall–Kier alpha value is -0.810. The van der Waals surface area contributed by atoms with E-state index in [1.165, 1.54) is 6.26 Å². The molecule has 0 saturated carbocycles. The number of hydrogen-bond donors (Lipinski definition) is 1. The van der Waals surface area contributed by atoms with Crippen molar-refractivity contribution in [1.29, 1.82) is 0 Å². The molecule has 1 atom stereocenters. The van der Waals surface area contributed by atoms with Crippen molar-refractivity contribution in [2.75, 3.05) is 19.6 Å². The maximum atomic E-state index is 12.0. The third kappa shape index (κ3) is 2.41. The average molecular weight is 273 g/mol. The summed E-state index contributed by atoms with van der Waals surface area (Å²) in [5, 5.41) is 3.30. The van der Waals surface area contributed by atoms with Gasteiger partial charge in [-0.05, 0) is 22.9 Å². The van der Waals surface area contributed by atoms with Gasteiger partial charge in [-0.3, -0.25) is 4.79 Å². The number of rotatable bonds is 1. The van der Waals surface area contributed by atoms with Crippen LogP contribution >= 0.6 is 15.9 Å². The molecule has 1 saturated heterocycles. The number of furan rings is 1. The Morgan fingerprint density at radius 1 is 1.73 bits per heavy atom. The van der Waals surface area contributed by atoms with E-state index in [4.69, 9.17) is 4.42 Å². The highest BCUT2D eigenvalue weighted by molar-refractivity contribution is 9.10. The monoisotopic (exact) mass is 272 g/mol. The lowest BCUT2D eigenvalue weighted by Crippen LogP contribution is -2.51. The molecule has 1 aromatic heterocycles. The fraction of sp³-hybridized carbons (Fsp3) is 0.500. The summed E-state index contributed by atoms with van der Waals surface area (Å²) in [5.74, 6) is 0.0396. The summed E-state index contributed by atoms with van der Waals surface area (Å²) >= 11 is 3.19. The van der Waals surface area contributed by atoms with Crippen molar-refractivity contribution in [3.8, 4) is 0 Å². The van der Waals surface area contributed by atoms with E-state index >= 15 is 0 Å². The largest absolute Gasteiger partial charge is 0.457 e. The Bertz CT molecular complexity index is 364. The predicted molar refractivity (Wildman–Crippen MR) is 59.8 cm³/mol. The Balaban J connectivity index is 2.07. The van der Waals surface area contributed by atoms with Gasteiger partial charge in [0.15, 0.2) is 4.67 Å². The highest BCUT2D eigenvalue weighted by Gasteiger charge is 2.22. The molecule has 1 aromatic rings. The molecule has 1 amide bonds. The van der Waals surface area contributed by atoms with E-state index < -0.39 is 0 Å². The second kappa shape index (κ2) is 4.37. The lowest BCUT2D eigenvalue weighted by molar-refractivity contribution is 0.0708. The van der Waals surface area contributed by atoms with Gasteiger partial charge in [-0.2, -0.15) is 0 Å². The number of halogens is 1. The number of carbonyl (C=O) groups is 1. The fourth-order valence-electron chi connectivity index (χ4n) is 1.72. The van der Waals surface area contributed by atoms with Crippen molar-refractivity contribution < 1.29 is 9.21 Å². The van der Waals surface area contributed by atoms with Gasteiger partial charge in [0.25, 0.3) is 5.91 Å². The summed E-state index contributed by atoms with van der Waals surface area (Å²) in [5.41, 5.74) is 0.607. The van der Waals surface area contributed by atoms with E-state index in [9.17, 15) is 4.79 Å². The molecule has 5 heteroatoms. The maximum absolute atomic E-state index is 12.0. The van der Waals surface area contributed by atoms with Crippen molar-refractivity contribution in [3.63, 3.8) is 0 Å². The lowest BCUT2D eigenvalue weighted by Gasteiger charge is -2.31. The third-order valence-electron chi connectivity index (χ3n) is 2.47. The number of amides is 1. The van der Waals surface area contributed by atoms with Gasteiger partial charge in [0.05, 0.1) is 5.56 Å². The highest BCUT2D eigenvalue weighted by atomic mass is 79.9. The van der Waals surface area contributed by atoms with E-state index in [-0.39, 0.29) is 5.91 Å². The number of carbonyl (C=O) groups excluding carboxylic acids is 1. The molecule has 0 radical (unpaired) electrons. The zero-order valence-electron chi connectivity index (χ0n) is 8.50. The quantitative estimate of drug-likeness (QED) is 0.843. The molecule has 0 aromatic carbocycles. The van der Waals surface area contributed by atoms with Crippen LogP contribution in [0.3, 0.4) is 0 Å². The standard InChI is InChI=1S/C10H13BrN2O2/c1-7-5-13(3-2-12-7)10(14)8-4-9(11)15-6-8/h4,6-7,12H,2-3,5H2,1H3/t7-/m0/s1. The molecule has 4 nitrogen and oxygen atoms in total. The van der Waals surface area contributed by atoms with Crippen LogP contribution in [0.4, 0.5) is 0 Å². The molecular formula is C10H13BrN2O2. The van der Waals surface area contributed by atoms with Crippen LogP contribution in [-0.2, 0) is 0 Å². The van der Waals surface area contributed by atoms with Gasteiger partial charge in [0, 0.05) is 31.7 Å². The van der Waals surface area contributed by atoms with Gasteiger partial charge in [-0.15, -0.1) is 0 Å². The number of nitrogens with one attached hydrogen (secondary N) is 1. The molecule has 0 unspecified atom stereocenters. The molecule has 0 aliphatic carbocycles. The molecule has 2 rings (SSSR count).